The summed E-state index contributed by atoms with van der Waals surface area (Å²) in [6.45, 7) is 7.06. The van der Waals surface area contributed by atoms with Crippen LogP contribution in [-0.4, -0.2) is 50.1 Å². The highest BCUT2D eigenvalue weighted by molar-refractivity contribution is 14.0. The van der Waals surface area contributed by atoms with Crippen molar-refractivity contribution in [1.29, 1.82) is 0 Å². The van der Waals surface area contributed by atoms with Gasteiger partial charge in [-0.25, -0.2) is 4.98 Å². The molecule has 0 saturated carbocycles. The molecule has 0 aliphatic carbocycles. The van der Waals surface area contributed by atoms with E-state index in [1.165, 1.54) is 4.88 Å². The van der Waals surface area contributed by atoms with E-state index in [-0.39, 0.29) is 24.0 Å². The molecule has 0 aliphatic rings. The van der Waals surface area contributed by atoms with Crippen LogP contribution in [0, 0.1) is 13.8 Å². The van der Waals surface area contributed by atoms with E-state index in [1.807, 2.05) is 40.1 Å². The molecule has 1 heterocycles. The number of ether oxygens (including phenoxy) is 1. The van der Waals surface area contributed by atoms with Gasteiger partial charge in [0.25, 0.3) is 0 Å². The van der Waals surface area contributed by atoms with Crippen molar-refractivity contribution < 1.29 is 4.74 Å². The van der Waals surface area contributed by atoms with Gasteiger partial charge in [-0.15, -0.1) is 35.3 Å². The van der Waals surface area contributed by atoms with Gasteiger partial charge < -0.3 is 20.3 Å². The van der Waals surface area contributed by atoms with Crippen LogP contribution in [-0.2, 0) is 13.1 Å². The first-order valence-electron chi connectivity index (χ1n) is 8.72. The quantitative estimate of drug-likeness (QED) is 0.329. The van der Waals surface area contributed by atoms with Crippen LogP contribution in [0.5, 0.6) is 5.75 Å². The SMILES string of the molecule is CN=C(NCc1cccc(OCCN(C)C)c1)NCc1sc(C)nc1C.I. The molecular formula is C19H30IN5OS. The molecule has 1 aromatic heterocycles. The Hall–Kier alpha value is -1.39. The molecule has 27 heavy (non-hydrogen) atoms. The third-order valence-corrected chi connectivity index (χ3v) is 4.88. The summed E-state index contributed by atoms with van der Waals surface area (Å²) in [5.74, 6) is 1.67. The Labute approximate surface area is 183 Å². The zero-order valence-corrected chi connectivity index (χ0v) is 19.9. The van der Waals surface area contributed by atoms with Gasteiger partial charge >= 0.3 is 0 Å². The zero-order valence-electron chi connectivity index (χ0n) is 16.7. The number of aryl methyl sites for hydroxylation is 2. The van der Waals surface area contributed by atoms with Crippen LogP contribution in [0.15, 0.2) is 29.3 Å². The van der Waals surface area contributed by atoms with Crippen LogP contribution < -0.4 is 15.4 Å². The van der Waals surface area contributed by atoms with Crippen LogP contribution in [0.4, 0.5) is 0 Å². The lowest BCUT2D eigenvalue weighted by Gasteiger charge is -2.13. The first kappa shape index (κ1) is 23.6. The monoisotopic (exact) mass is 503 g/mol. The smallest absolute Gasteiger partial charge is 0.191 e. The Balaban J connectivity index is 0.00000364. The van der Waals surface area contributed by atoms with Crippen LogP contribution >= 0.6 is 35.3 Å². The Morgan fingerprint density at radius 1 is 1.22 bits per heavy atom. The Kier molecular flexibility index (Phi) is 10.6. The second-order valence-electron chi connectivity index (χ2n) is 6.32. The fourth-order valence-corrected chi connectivity index (χ4v) is 3.28. The van der Waals surface area contributed by atoms with Crippen molar-refractivity contribution in [3.05, 3.63) is 45.4 Å². The van der Waals surface area contributed by atoms with Crippen LogP contribution in [0.3, 0.4) is 0 Å². The molecular weight excluding hydrogens is 473 g/mol. The van der Waals surface area contributed by atoms with Gasteiger partial charge in [0.1, 0.15) is 12.4 Å². The van der Waals surface area contributed by atoms with Crippen molar-refractivity contribution in [2.45, 2.75) is 26.9 Å². The molecule has 0 spiro atoms. The normalized spacial score (nSPS) is 11.3. The molecule has 8 heteroatoms. The van der Waals surface area contributed by atoms with E-state index >= 15 is 0 Å². The topological polar surface area (TPSA) is 61.8 Å². The number of nitrogens with one attached hydrogen (secondary N) is 2. The molecule has 0 saturated heterocycles. The lowest BCUT2D eigenvalue weighted by molar-refractivity contribution is 0.261. The standard InChI is InChI=1S/C19H29N5OS.HI/c1-14-18(26-15(2)23-14)13-22-19(20-3)21-12-16-7-6-8-17(11-16)25-10-9-24(4)5;/h6-8,11H,9-10,12-13H2,1-5H3,(H2,20,21,22);1H. The number of benzene rings is 1. The second-order valence-corrected chi connectivity index (χ2v) is 7.61. The lowest BCUT2D eigenvalue weighted by Crippen LogP contribution is -2.36. The Morgan fingerprint density at radius 3 is 2.59 bits per heavy atom. The average molecular weight is 503 g/mol. The Bertz CT molecular complexity index is 733. The minimum absolute atomic E-state index is 0. The molecule has 0 radical (unpaired) electrons. The summed E-state index contributed by atoms with van der Waals surface area (Å²) in [7, 11) is 5.86. The number of likely N-dealkylation sites (N-methyl/N-ethyl adjacent to an activating group) is 1. The third kappa shape index (κ3) is 8.44. The number of aromatic nitrogens is 1. The number of nitrogens with zero attached hydrogens (tertiary/aromatic N) is 3. The highest BCUT2D eigenvalue weighted by Crippen LogP contribution is 2.16. The average Bonchev–Trinajstić information content (AvgIpc) is 2.92. The van der Waals surface area contributed by atoms with Crippen LogP contribution in [0.2, 0.25) is 0 Å². The molecule has 1 aromatic carbocycles. The summed E-state index contributed by atoms with van der Waals surface area (Å²) in [5, 5.41) is 7.78. The van der Waals surface area contributed by atoms with E-state index in [4.69, 9.17) is 4.74 Å². The molecule has 0 atom stereocenters. The van der Waals surface area contributed by atoms with Gasteiger partial charge in [-0.3, -0.25) is 4.99 Å². The number of thiazole rings is 1. The van der Waals surface area contributed by atoms with Crippen LogP contribution in [0.25, 0.3) is 0 Å². The Morgan fingerprint density at radius 2 is 1.96 bits per heavy atom. The molecule has 0 fully saturated rings. The van der Waals surface area contributed by atoms with Crippen molar-refractivity contribution in [1.82, 2.24) is 20.5 Å². The van der Waals surface area contributed by atoms with Crippen molar-refractivity contribution in [3.63, 3.8) is 0 Å². The maximum atomic E-state index is 5.79. The predicted octanol–water partition coefficient (Wildman–Crippen LogP) is 3.18. The molecule has 0 amide bonds. The van der Waals surface area contributed by atoms with Crippen molar-refractivity contribution in [2.24, 2.45) is 4.99 Å². The number of guanidine groups is 1. The summed E-state index contributed by atoms with van der Waals surface area (Å²) in [4.78, 5) is 12.1. The zero-order chi connectivity index (χ0) is 18.9. The van der Waals surface area contributed by atoms with Gasteiger partial charge in [0.15, 0.2) is 5.96 Å². The van der Waals surface area contributed by atoms with Gasteiger partial charge in [0, 0.05) is 25.0 Å². The summed E-state index contributed by atoms with van der Waals surface area (Å²) in [6, 6.07) is 8.14. The second kappa shape index (κ2) is 12.1. The molecule has 0 aliphatic heterocycles. The molecule has 150 valence electrons. The maximum Gasteiger partial charge on any atom is 0.191 e. The summed E-state index contributed by atoms with van der Waals surface area (Å²) < 4.78 is 5.79. The lowest BCUT2D eigenvalue weighted by atomic mass is 10.2. The maximum absolute atomic E-state index is 5.79. The molecule has 2 rings (SSSR count). The predicted molar refractivity (Wildman–Crippen MR) is 125 cm³/mol. The number of hydrogen-bond donors (Lipinski definition) is 2. The summed E-state index contributed by atoms with van der Waals surface area (Å²) >= 11 is 1.72. The molecule has 2 aromatic rings. The number of hydrogen-bond acceptors (Lipinski definition) is 5. The van der Waals surface area contributed by atoms with E-state index in [1.54, 1.807) is 18.4 Å². The number of halogens is 1. The van der Waals surface area contributed by atoms with Crippen LogP contribution in [0.1, 0.15) is 21.1 Å². The fourth-order valence-electron chi connectivity index (χ4n) is 2.40. The van der Waals surface area contributed by atoms with E-state index in [0.717, 1.165) is 41.1 Å². The number of aliphatic imine (C=N–C) groups is 1. The van der Waals surface area contributed by atoms with Crippen molar-refractivity contribution >= 4 is 41.3 Å². The van der Waals surface area contributed by atoms with Gasteiger partial charge in [-0.1, -0.05) is 12.1 Å². The summed E-state index contributed by atoms with van der Waals surface area (Å²) in [6.07, 6.45) is 0. The molecule has 0 unspecified atom stereocenters. The first-order chi connectivity index (χ1) is 12.5. The minimum Gasteiger partial charge on any atom is -0.492 e. The van der Waals surface area contributed by atoms with Gasteiger partial charge in [-0.05, 0) is 45.6 Å². The first-order valence-corrected chi connectivity index (χ1v) is 9.53. The summed E-state index contributed by atoms with van der Waals surface area (Å²) in [5.41, 5.74) is 2.23. The van der Waals surface area contributed by atoms with Gasteiger partial charge in [0.2, 0.25) is 0 Å². The molecule has 2 N–H and O–H groups in total. The van der Waals surface area contributed by atoms with E-state index < -0.39 is 0 Å². The fraction of sp³-hybridized carbons (Fsp3) is 0.474. The van der Waals surface area contributed by atoms with Gasteiger partial charge in [-0.2, -0.15) is 0 Å². The van der Waals surface area contributed by atoms with E-state index in [9.17, 15) is 0 Å². The van der Waals surface area contributed by atoms with Crippen molar-refractivity contribution in [3.8, 4) is 5.75 Å². The molecule has 6 nitrogen and oxygen atoms in total. The minimum atomic E-state index is 0. The molecule has 0 bridgehead atoms. The highest BCUT2D eigenvalue weighted by atomic mass is 127. The number of rotatable bonds is 8. The third-order valence-electron chi connectivity index (χ3n) is 3.81. The van der Waals surface area contributed by atoms with E-state index in [2.05, 4.69) is 37.6 Å². The largest absolute Gasteiger partial charge is 0.492 e. The van der Waals surface area contributed by atoms with E-state index in [0.29, 0.717) is 13.2 Å². The van der Waals surface area contributed by atoms with Gasteiger partial charge in [0.05, 0.1) is 17.2 Å². The van der Waals surface area contributed by atoms with Crippen molar-refractivity contribution in [2.75, 3.05) is 34.3 Å². The highest BCUT2D eigenvalue weighted by Gasteiger charge is 2.06.